The first-order valence-electron chi connectivity index (χ1n) is 8.50. The van der Waals surface area contributed by atoms with E-state index in [0.29, 0.717) is 49.4 Å². The van der Waals surface area contributed by atoms with Crippen LogP contribution in [0.25, 0.3) is 11.0 Å². The highest BCUT2D eigenvalue weighted by atomic mass is 19.3. The molecule has 1 aliphatic heterocycles. The number of aromatic amines is 1. The lowest BCUT2D eigenvalue weighted by Crippen LogP contribution is -2.52. The number of aromatic nitrogens is 2. The fourth-order valence-corrected chi connectivity index (χ4v) is 3.07. The number of hydrogen-bond donors (Lipinski definition) is 3. The predicted molar refractivity (Wildman–Crippen MR) is 94.4 cm³/mol. The third-order valence-electron chi connectivity index (χ3n) is 4.23. The number of alkyl halides is 2. The molecule has 1 saturated heterocycles. The summed E-state index contributed by atoms with van der Waals surface area (Å²) in [5.74, 6) is -0.383. The number of β-amino-alcohol motifs (C(OH)–C–C–N with tert-alkyl or cyclic N) is 1. The van der Waals surface area contributed by atoms with E-state index >= 15 is 0 Å². The van der Waals surface area contributed by atoms with E-state index in [1.165, 1.54) is 0 Å². The van der Waals surface area contributed by atoms with Gasteiger partial charge in [-0.2, -0.15) is 0 Å². The highest BCUT2D eigenvalue weighted by Gasteiger charge is 2.25. The zero-order chi connectivity index (χ0) is 18.9. The molecule has 0 unspecified atom stereocenters. The summed E-state index contributed by atoms with van der Waals surface area (Å²) >= 11 is 0. The minimum Gasteiger partial charge on any atom is -0.389 e. The highest BCUT2D eigenvalue weighted by Crippen LogP contribution is 2.22. The first-order valence-corrected chi connectivity index (χ1v) is 8.50. The number of piperazine rings is 1. The number of anilines is 1. The number of H-pyrrole nitrogens is 1. The number of urea groups is 1. The molecule has 1 fully saturated rings. The summed E-state index contributed by atoms with van der Waals surface area (Å²) in [5.41, 5.74) is 0.638. The fraction of sp³-hybridized carbons (Fsp3) is 0.529. The first-order chi connectivity index (χ1) is 12.2. The summed E-state index contributed by atoms with van der Waals surface area (Å²) in [6.07, 6.45) is -2.67. The second-order valence-electron chi connectivity index (χ2n) is 7.16. The number of nitrogens with zero attached hydrogens (tertiary/aromatic N) is 3. The lowest BCUT2D eigenvalue weighted by atomic mass is 10.1. The van der Waals surface area contributed by atoms with E-state index in [2.05, 4.69) is 20.2 Å². The summed E-state index contributed by atoms with van der Waals surface area (Å²) in [4.78, 5) is 22.6. The SMILES string of the molecule is CC(C)(O)CN1CCN(C(=O)Nc2ccc3nc(C(F)F)[nH]c3c2)CC1. The van der Waals surface area contributed by atoms with Crippen LogP contribution >= 0.6 is 0 Å². The summed E-state index contributed by atoms with van der Waals surface area (Å²) in [7, 11) is 0. The van der Waals surface area contributed by atoms with Crippen LogP contribution in [-0.4, -0.2) is 69.2 Å². The van der Waals surface area contributed by atoms with Crippen molar-refractivity contribution in [3.63, 3.8) is 0 Å². The van der Waals surface area contributed by atoms with Crippen LogP contribution < -0.4 is 5.32 Å². The van der Waals surface area contributed by atoms with Gasteiger partial charge in [-0.1, -0.05) is 0 Å². The van der Waals surface area contributed by atoms with Crippen molar-refractivity contribution in [3.05, 3.63) is 24.0 Å². The Hall–Kier alpha value is -2.26. The topological polar surface area (TPSA) is 84.5 Å². The molecule has 0 saturated carbocycles. The van der Waals surface area contributed by atoms with Crippen molar-refractivity contribution < 1.29 is 18.7 Å². The largest absolute Gasteiger partial charge is 0.389 e. The van der Waals surface area contributed by atoms with E-state index in [1.54, 1.807) is 36.9 Å². The minimum atomic E-state index is -2.67. The number of carbonyl (C=O) groups is 1. The van der Waals surface area contributed by atoms with Crippen molar-refractivity contribution in [2.24, 2.45) is 0 Å². The van der Waals surface area contributed by atoms with Gasteiger partial charge < -0.3 is 20.3 Å². The Morgan fingerprint density at radius 3 is 2.65 bits per heavy atom. The van der Waals surface area contributed by atoms with Gasteiger partial charge in [-0.05, 0) is 32.0 Å². The van der Waals surface area contributed by atoms with Crippen LogP contribution in [0.5, 0.6) is 0 Å². The average Bonchev–Trinajstić information content (AvgIpc) is 2.97. The van der Waals surface area contributed by atoms with Crippen molar-refractivity contribution in [1.29, 1.82) is 0 Å². The molecule has 0 aliphatic carbocycles. The lowest BCUT2D eigenvalue weighted by molar-refractivity contribution is 0.0231. The smallest absolute Gasteiger partial charge is 0.321 e. The second kappa shape index (κ2) is 7.16. The van der Waals surface area contributed by atoms with Gasteiger partial charge in [-0.15, -0.1) is 0 Å². The first kappa shape index (κ1) is 18.5. The Kier molecular flexibility index (Phi) is 5.10. The van der Waals surface area contributed by atoms with Crippen LogP contribution in [0.15, 0.2) is 18.2 Å². The number of nitrogens with one attached hydrogen (secondary N) is 2. The van der Waals surface area contributed by atoms with Crippen molar-refractivity contribution in [3.8, 4) is 0 Å². The molecule has 1 aliphatic rings. The lowest BCUT2D eigenvalue weighted by Gasteiger charge is -2.37. The summed E-state index contributed by atoms with van der Waals surface area (Å²) < 4.78 is 25.4. The molecule has 1 aromatic carbocycles. The standard InChI is InChI=1S/C17H23F2N5O2/c1-17(2,26)10-23-5-7-24(8-6-23)16(25)20-11-3-4-12-13(9-11)22-15(21-12)14(18)19/h3-4,9,14,26H,5-8,10H2,1-2H3,(H,20,25)(H,21,22). The van der Waals surface area contributed by atoms with Gasteiger partial charge in [0.05, 0.1) is 16.6 Å². The van der Waals surface area contributed by atoms with Crippen molar-refractivity contribution in [2.75, 3.05) is 38.0 Å². The van der Waals surface area contributed by atoms with Gasteiger partial charge >= 0.3 is 6.03 Å². The van der Waals surface area contributed by atoms with Gasteiger partial charge in [-0.25, -0.2) is 18.6 Å². The Bertz CT molecular complexity index is 779. The monoisotopic (exact) mass is 367 g/mol. The number of amides is 2. The predicted octanol–water partition coefficient (Wildman–Crippen LogP) is 2.42. The fourth-order valence-electron chi connectivity index (χ4n) is 3.07. The molecule has 9 heteroatoms. The Labute approximate surface area is 150 Å². The van der Waals surface area contributed by atoms with Gasteiger partial charge in [0, 0.05) is 38.4 Å². The third kappa shape index (κ3) is 4.47. The Morgan fingerprint density at radius 2 is 2.04 bits per heavy atom. The molecule has 3 rings (SSSR count). The molecule has 1 aromatic heterocycles. The molecule has 2 aromatic rings. The maximum absolute atomic E-state index is 12.7. The molecule has 0 atom stereocenters. The van der Waals surface area contributed by atoms with E-state index in [-0.39, 0.29) is 11.9 Å². The van der Waals surface area contributed by atoms with Crippen LogP contribution in [0.4, 0.5) is 19.3 Å². The van der Waals surface area contributed by atoms with E-state index in [0.717, 1.165) is 0 Å². The zero-order valence-corrected chi connectivity index (χ0v) is 14.8. The quantitative estimate of drug-likeness (QED) is 0.775. The number of halogens is 2. The molecule has 2 heterocycles. The van der Waals surface area contributed by atoms with Crippen LogP contribution in [0.2, 0.25) is 0 Å². The Morgan fingerprint density at radius 1 is 1.35 bits per heavy atom. The number of carbonyl (C=O) groups excluding carboxylic acids is 1. The van der Waals surface area contributed by atoms with Gasteiger partial charge in [0.1, 0.15) is 0 Å². The van der Waals surface area contributed by atoms with Crippen molar-refractivity contribution in [2.45, 2.75) is 25.9 Å². The molecule has 2 amide bonds. The molecule has 0 bridgehead atoms. The van der Waals surface area contributed by atoms with E-state index in [4.69, 9.17) is 0 Å². The summed E-state index contributed by atoms with van der Waals surface area (Å²) in [5, 5.41) is 12.7. The summed E-state index contributed by atoms with van der Waals surface area (Å²) in [6, 6.07) is 4.59. The molecule has 142 valence electrons. The van der Waals surface area contributed by atoms with Crippen molar-refractivity contribution >= 4 is 22.8 Å². The average molecular weight is 367 g/mol. The molecular formula is C17H23F2N5O2. The van der Waals surface area contributed by atoms with Crippen LogP contribution in [0.1, 0.15) is 26.1 Å². The van der Waals surface area contributed by atoms with Gasteiger partial charge in [0.15, 0.2) is 5.82 Å². The van der Waals surface area contributed by atoms with Crippen LogP contribution in [-0.2, 0) is 0 Å². The molecule has 7 nitrogen and oxygen atoms in total. The zero-order valence-electron chi connectivity index (χ0n) is 14.8. The number of rotatable bonds is 4. The number of benzene rings is 1. The number of aliphatic hydroxyl groups is 1. The minimum absolute atomic E-state index is 0.235. The molecule has 0 spiro atoms. The number of hydrogen-bond acceptors (Lipinski definition) is 4. The van der Waals surface area contributed by atoms with E-state index < -0.39 is 12.0 Å². The van der Waals surface area contributed by atoms with Gasteiger partial charge in [0.25, 0.3) is 6.43 Å². The van der Waals surface area contributed by atoms with Crippen LogP contribution in [0, 0.1) is 0 Å². The second-order valence-corrected chi connectivity index (χ2v) is 7.16. The number of fused-ring (bicyclic) bond motifs is 1. The van der Waals surface area contributed by atoms with E-state index in [9.17, 15) is 18.7 Å². The third-order valence-corrected chi connectivity index (χ3v) is 4.23. The van der Waals surface area contributed by atoms with Gasteiger partial charge in [-0.3, -0.25) is 4.90 Å². The van der Waals surface area contributed by atoms with Crippen LogP contribution in [0.3, 0.4) is 0 Å². The van der Waals surface area contributed by atoms with Crippen molar-refractivity contribution in [1.82, 2.24) is 19.8 Å². The maximum Gasteiger partial charge on any atom is 0.321 e. The van der Waals surface area contributed by atoms with Gasteiger partial charge in [0.2, 0.25) is 0 Å². The molecule has 26 heavy (non-hydrogen) atoms. The maximum atomic E-state index is 12.7. The molecular weight excluding hydrogens is 344 g/mol. The molecule has 0 radical (unpaired) electrons. The highest BCUT2D eigenvalue weighted by molar-refractivity contribution is 5.92. The normalized spacial score (nSPS) is 16.5. The number of imidazole rings is 1. The van der Waals surface area contributed by atoms with E-state index in [1.807, 2.05) is 0 Å². The summed E-state index contributed by atoms with van der Waals surface area (Å²) in [6.45, 7) is 6.58. The Balaban J connectivity index is 1.59. The molecule has 3 N–H and O–H groups in total.